The molecule has 9 nitrogen and oxygen atoms in total. The van der Waals surface area contributed by atoms with E-state index < -0.39 is 23.8 Å². The van der Waals surface area contributed by atoms with Crippen molar-refractivity contribution in [3.8, 4) is 0 Å². The molecule has 0 spiro atoms. The standard InChI is InChI=1S/C21H19N5O4/c27-18(11-17-20(29)24-16-8-4-1-5-13(16)19(28)25-17)22-9-10-26-12-23-15-7-3-2-6-14(15)21(26)30/h1-8,12,17H,9-11H2,(H,22,27)(H,24,29)(H,25,28). The van der Waals surface area contributed by atoms with Crippen LogP contribution in [0.4, 0.5) is 5.69 Å². The summed E-state index contributed by atoms with van der Waals surface area (Å²) in [7, 11) is 0. The van der Waals surface area contributed by atoms with E-state index in [4.69, 9.17) is 0 Å². The van der Waals surface area contributed by atoms with Gasteiger partial charge in [0, 0.05) is 13.1 Å². The average Bonchev–Trinajstić information content (AvgIpc) is 2.86. The first-order valence-electron chi connectivity index (χ1n) is 9.44. The maximum Gasteiger partial charge on any atom is 0.261 e. The van der Waals surface area contributed by atoms with Gasteiger partial charge in [-0.15, -0.1) is 0 Å². The summed E-state index contributed by atoms with van der Waals surface area (Å²) in [6, 6.07) is 12.7. The molecule has 0 saturated heterocycles. The van der Waals surface area contributed by atoms with Crippen LogP contribution in [0.5, 0.6) is 0 Å². The van der Waals surface area contributed by atoms with Gasteiger partial charge in [-0.2, -0.15) is 0 Å². The first-order chi connectivity index (χ1) is 14.5. The average molecular weight is 405 g/mol. The number of hydrogen-bond donors (Lipinski definition) is 3. The van der Waals surface area contributed by atoms with Crippen molar-refractivity contribution in [2.45, 2.75) is 19.0 Å². The number of anilines is 1. The zero-order chi connectivity index (χ0) is 21.1. The minimum atomic E-state index is -0.991. The number of nitrogens with one attached hydrogen (secondary N) is 3. The van der Waals surface area contributed by atoms with Crippen molar-refractivity contribution in [3.63, 3.8) is 0 Å². The summed E-state index contributed by atoms with van der Waals surface area (Å²) >= 11 is 0. The largest absolute Gasteiger partial charge is 0.354 e. The van der Waals surface area contributed by atoms with Crippen molar-refractivity contribution in [1.29, 1.82) is 0 Å². The molecule has 2 heterocycles. The SMILES string of the molecule is O=C(CC1NC(=O)c2ccccc2NC1=O)NCCn1cnc2ccccc2c1=O. The molecule has 1 aliphatic rings. The molecule has 2 aromatic carbocycles. The van der Waals surface area contributed by atoms with Gasteiger partial charge in [-0.1, -0.05) is 24.3 Å². The lowest BCUT2D eigenvalue weighted by atomic mass is 10.1. The molecule has 1 atom stereocenters. The van der Waals surface area contributed by atoms with E-state index in [0.29, 0.717) is 22.2 Å². The van der Waals surface area contributed by atoms with Gasteiger partial charge < -0.3 is 16.0 Å². The van der Waals surface area contributed by atoms with E-state index in [1.54, 1.807) is 48.5 Å². The molecule has 152 valence electrons. The van der Waals surface area contributed by atoms with Gasteiger partial charge in [0.05, 0.1) is 34.9 Å². The minimum absolute atomic E-state index is 0.182. The summed E-state index contributed by atoms with van der Waals surface area (Å²) in [5.41, 5.74) is 1.17. The predicted octanol–water partition coefficient (Wildman–Crippen LogP) is 0.653. The molecule has 0 saturated carbocycles. The lowest BCUT2D eigenvalue weighted by Gasteiger charge is -2.14. The molecule has 30 heavy (non-hydrogen) atoms. The topological polar surface area (TPSA) is 122 Å². The fourth-order valence-electron chi connectivity index (χ4n) is 3.29. The van der Waals surface area contributed by atoms with Crippen LogP contribution < -0.4 is 21.5 Å². The third-order valence-electron chi connectivity index (χ3n) is 4.85. The van der Waals surface area contributed by atoms with Crippen LogP contribution in [0.15, 0.2) is 59.7 Å². The van der Waals surface area contributed by atoms with Gasteiger partial charge in [-0.05, 0) is 24.3 Å². The van der Waals surface area contributed by atoms with Crippen LogP contribution in [-0.4, -0.2) is 39.9 Å². The number of benzene rings is 2. The summed E-state index contributed by atoms with van der Waals surface area (Å²) in [4.78, 5) is 53.6. The third kappa shape index (κ3) is 3.90. The zero-order valence-corrected chi connectivity index (χ0v) is 15.9. The van der Waals surface area contributed by atoms with Crippen molar-refractivity contribution in [1.82, 2.24) is 20.2 Å². The summed E-state index contributed by atoms with van der Waals surface area (Å²) in [5.74, 6) is -1.29. The van der Waals surface area contributed by atoms with Gasteiger partial charge in [-0.25, -0.2) is 4.98 Å². The maximum absolute atomic E-state index is 12.5. The van der Waals surface area contributed by atoms with Gasteiger partial charge in [0.25, 0.3) is 11.5 Å². The van der Waals surface area contributed by atoms with E-state index in [1.807, 2.05) is 0 Å². The van der Waals surface area contributed by atoms with Gasteiger partial charge in [0.2, 0.25) is 11.8 Å². The van der Waals surface area contributed by atoms with Gasteiger partial charge in [0.1, 0.15) is 6.04 Å². The van der Waals surface area contributed by atoms with Crippen LogP contribution in [-0.2, 0) is 16.1 Å². The number of aromatic nitrogens is 2. The number of para-hydroxylation sites is 2. The van der Waals surface area contributed by atoms with Crippen LogP contribution >= 0.6 is 0 Å². The molecule has 0 fully saturated rings. The van der Waals surface area contributed by atoms with E-state index in [0.717, 1.165) is 0 Å². The number of fused-ring (bicyclic) bond motifs is 2. The summed E-state index contributed by atoms with van der Waals surface area (Å²) in [6.07, 6.45) is 1.23. The Morgan fingerprint density at radius 3 is 2.70 bits per heavy atom. The Kier molecular flexibility index (Phi) is 5.25. The molecule has 3 aromatic rings. The van der Waals surface area contributed by atoms with E-state index >= 15 is 0 Å². The Hall–Kier alpha value is -4.01. The number of hydrogen-bond acceptors (Lipinski definition) is 5. The second kappa shape index (κ2) is 8.16. The molecule has 1 aromatic heterocycles. The molecule has 3 amide bonds. The lowest BCUT2D eigenvalue weighted by Crippen LogP contribution is -2.45. The second-order valence-electron chi connectivity index (χ2n) is 6.88. The molecule has 4 rings (SSSR count). The van der Waals surface area contributed by atoms with Crippen LogP contribution in [0.25, 0.3) is 10.9 Å². The molecule has 1 aliphatic heterocycles. The lowest BCUT2D eigenvalue weighted by molar-refractivity contribution is -0.125. The molecule has 3 N–H and O–H groups in total. The van der Waals surface area contributed by atoms with E-state index in [2.05, 4.69) is 20.9 Å². The highest BCUT2D eigenvalue weighted by Gasteiger charge is 2.29. The normalized spacial score (nSPS) is 15.7. The Bertz CT molecular complexity index is 1200. The molecule has 0 radical (unpaired) electrons. The van der Waals surface area contributed by atoms with Crippen molar-refractivity contribution in [2.75, 3.05) is 11.9 Å². The Labute approximate surface area is 171 Å². The smallest absolute Gasteiger partial charge is 0.261 e. The Morgan fingerprint density at radius 2 is 1.83 bits per heavy atom. The van der Waals surface area contributed by atoms with Crippen molar-refractivity contribution < 1.29 is 14.4 Å². The molecular formula is C21H19N5O4. The first kappa shape index (κ1) is 19.3. The van der Waals surface area contributed by atoms with Gasteiger partial charge >= 0.3 is 0 Å². The number of nitrogens with zero attached hydrogens (tertiary/aromatic N) is 2. The third-order valence-corrected chi connectivity index (χ3v) is 4.85. The Morgan fingerprint density at radius 1 is 1.07 bits per heavy atom. The highest BCUT2D eigenvalue weighted by atomic mass is 16.2. The maximum atomic E-state index is 12.5. The molecule has 9 heteroatoms. The summed E-state index contributed by atoms with van der Waals surface area (Å²) in [6.45, 7) is 0.415. The van der Waals surface area contributed by atoms with Crippen LogP contribution in [0.3, 0.4) is 0 Å². The van der Waals surface area contributed by atoms with E-state index in [1.165, 1.54) is 10.9 Å². The second-order valence-corrected chi connectivity index (χ2v) is 6.88. The predicted molar refractivity (Wildman–Crippen MR) is 110 cm³/mol. The number of carbonyl (C=O) groups excluding carboxylic acids is 3. The summed E-state index contributed by atoms with van der Waals surface area (Å²) in [5, 5.41) is 8.41. The fourth-order valence-corrected chi connectivity index (χ4v) is 3.29. The number of amides is 3. The van der Waals surface area contributed by atoms with Crippen molar-refractivity contribution >= 4 is 34.3 Å². The van der Waals surface area contributed by atoms with Gasteiger partial charge in [-0.3, -0.25) is 23.7 Å². The molecule has 1 unspecified atom stereocenters. The quantitative estimate of drug-likeness (QED) is 0.575. The zero-order valence-electron chi connectivity index (χ0n) is 15.9. The van der Waals surface area contributed by atoms with Gasteiger partial charge in [0.15, 0.2) is 0 Å². The van der Waals surface area contributed by atoms with Crippen LogP contribution in [0.2, 0.25) is 0 Å². The minimum Gasteiger partial charge on any atom is -0.354 e. The van der Waals surface area contributed by atoms with Crippen LogP contribution in [0, 0.1) is 0 Å². The fraction of sp³-hybridized carbons (Fsp3) is 0.190. The Balaban J connectivity index is 1.35. The van der Waals surface area contributed by atoms with E-state index in [9.17, 15) is 19.2 Å². The first-order valence-corrected chi connectivity index (χ1v) is 9.44. The summed E-state index contributed by atoms with van der Waals surface area (Å²) < 4.78 is 1.42. The molecular weight excluding hydrogens is 386 g/mol. The molecule has 0 aliphatic carbocycles. The highest BCUT2D eigenvalue weighted by molar-refractivity contribution is 6.10. The van der Waals surface area contributed by atoms with Crippen molar-refractivity contribution in [2.24, 2.45) is 0 Å². The van der Waals surface area contributed by atoms with Crippen LogP contribution in [0.1, 0.15) is 16.8 Å². The highest BCUT2D eigenvalue weighted by Crippen LogP contribution is 2.18. The van der Waals surface area contributed by atoms with Crippen molar-refractivity contribution in [3.05, 3.63) is 70.8 Å². The molecule has 0 bridgehead atoms. The monoisotopic (exact) mass is 405 g/mol. The number of rotatable bonds is 5. The van der Waals surface area contributed by atoms with E-state index in [-0.39, 0.29) is 25.1 Å². The number of carbonyl (C=O) groups is 3.